The van der Waals surface area contributed by atoms with Crippen molar-refractivity contribution < 1.29 is 9.26 Å². The first-order chi connectivity index (χ1) is 6.38. The Labute approximate surface area is 77.2 Å². The van der Waals surface area contributed by atoms with E-state index < -0.39 is 0 Å². The summed E-state index contributed by atoms with van der Waals surface area (Å²) in [5.74, 6) is 0.787. The van der Waals surface area contributed by atoms with Crippen molar-refractivity contribution in [3.63, 3.8) is 0 Å². The Morgan fingerprint density at radius 3 is 3.23 bits per heavy atom. The van der Waals surface area contributed by atoms with Gasteiger partial charge in [0.15, 0.2) is 5.76 Å². The molecule has 1 aromatic heterocycles. The molecule has 1 aromatic rings. The maximum Gasteiger partial charge on any atom is 0.162 e. The molecule has 1 saturated carbocycles. The highest BCUT2D eigenvalue weighted by Gasteiger charge is 2.20. The molecule has 1 aliphatic carbocycles. The molecule has 0 radical (unpaired) electrons. The van der Waals surface area contributed by atoms with Gasteiger partial charge in [-0.05, 0) is 12.8 Å². The molecule has 72 valence electrons. The second-order valence-electron chi connectivity index (χ2n) is 3.37. The highest BCUT2D eigenvalue weighted by atomic mass is 16.5. The molecule has 0 bridgehead atoms. The fraction of sp³-hybridized carbons (Fsp3) is 0.667. The second-order valence-corrected chi connectivity index (χ2v) is 3.37. The van der Waals surface area contributed by atoms with Crippen molar-refractivity contribution in [2.24, 2.45) is 0 Å². The van der Waals surface area contributed by atoms with Crippen LogP contribution < -0.4 is 5.32 Å². The number of hydrogen-bond donors (Lipinski definition) is 1. The Kier molecular flexibility index (Phi) is 2.61. The van der Waals surface area contributed by atoms with Crippen LogP contribution in [-0.2, 0) is 17.9 Å². The van der Waals surface area contributed by atoms with Gasteiger partial charge >= 0.3 is 0 Å². The van der Waals surface area contributed by atoms with Crippen molar-refractivity contribution in [2.75, 3.05) is 7.11 Å². The molecule has 1 fully saturated rings. The molecule has 0 spiro atoms. The molecule has 4 heteroatoms. The molecule has 13 heavy (non-hydrogen) atoms. The Morgan fingerprint density at radius 2 is 2.54 bits per heavy atom. The largest absolute Gasteiger partial charge is 0.377 e. The lowest BCUT2D eigenvalue weighted by atomic mass is 10.3. The van der Waals surface area contributed by atoms with Gasteiger partial charge < -0.3 is 14.6 Å². The molecule has 1 heterocycles. The highest BCUT2D eigenvalue weighted by molar-refractivity contribution is 5.04. The van der Waals surface area contributed by atoms with E-state index >= 15 is 0 Å². The van der Waals surface area contributed by atoms with E-state index in [0.717, 1.165) is 18.0 Å². The minimum atomic E-state index is 0.496. The maximum atomic E-state index is 5.04. The molecule has 0 aliphatic heterocycles. The number of ether oxygens (including phenoxy) is 1. The number of aromatic nitrogens is 1. The molecule has 1 N–H and O–H groups in total. The number of rotatable bonds is 5. The SMILES string of the molecule is COCc1cc(CNC2CC2)no1. The number of nitrogens with one attached hydrogen (secondary N) is 1. The number of methoxy groups -OCH3 is 1. The van der Waals surface area contributed by atoms with E-state index in [0.29, 0.717) is 12.6 Å². The van der Waals surface area contributed by atoms with Crippen molar-refractivity contribution in [3.05, 3.63) is 17.5 Å². The Bertz CT molecular complexity index is 268. The Balaban J connectivity index is 1.81. The van der Waals surface area contributed by atoms with Gasteiger partial charge in [0.25, 0.3) is 0 Å². The molecular formula is C9H14N2O2. The van der Waals surface area contributed by atoms with E-state index in [1.165, 1.54) is 12.8 Å². The molecule has 1 aliphatic rings. The summed E-state index contributed by atoms with van der Waals surface area (Å²) in [6, 6.07) is 2.64. The van der Waals surface area contributed by atoms with Crippen molar-refractivity contribution >= 4 is 0 Å². The van der Waals surface area contributed by atoms with Crippen LogP contribution in [-0.4, -0.2) is 18.3 Å². The monoisotopic (exact) mass is 182 g/mol. The van der Waals surface area contributed by atoms with Crippen LogP contribution in [0.1, 0.15) is 24.3 Å². The van der Waals surface area contributed by atoms with Crippen LogP contribution in [0.3, 0.4) is 0 Å². The summed E-state index contributed by atoms with van der Waals surface area (Å²) in [5, 5.41) is 7.28. The van der Waals surface area contributed by atoms with Crippen LogP contribution in [0.15, 0.2) is 10.6 Å². The van der Waals surface area contributed by atoms with Gasteiger partial charge in [-0.25, -0.2) is 0 Å². The number of nitrogens with zero attached hydrogens (tertiary/aromatic N) is 1. The fourth-order valence-electron chi connectivity index (χ4n) is 1.19. The van der Waals surface area contributed by atoms with Gasteiger partial charge in [-0.15, -0.1) is 0 Å². The summed E-state index contributed by atoms with van der Waals surface area (Å²) in [5.41, 5.74) is 0.957. The van der Waals surface area contributed by atoms with Crippen molar-refractivity contribution in [3.8, 4) is 0 Å². The normalized spacial score (nSPS) is 16.4. The predicted octanol–water partition coefficient (Wildman–Crippen LogP) is 1.07. The minimum Gasteiger partial charge on any atom is -0.377 e. The summed E-state index contributed by atoms with van der Waals surface area (Å²) in [6.45, 7) is 1.30. The van der Waals surface area contributed by atoms with Crippen LogP contribution in [0.2, 0.25) is 0 Å². The summed E-state index contributed by atoms with van der Waals surface area (Å²) >= 11 is 0. The fourth-order valence-corrected chi connectivity index (χ4v) is 1.19. The van der Waals surface area contributed by atoms with Crippen LogP contribution in [0, 0.1) is 0 Å². The summed E-state index contributed by atoms with van der Waals surface area (Å²) in [6.07, 6.45) is 2.59. The third-order valence-corrected chi connectivity index (χ3v) is 2.04. The van der Waals surface area contributed by atoms with Crippen LogP contribution >= 0.6 is 0 Å². The Morgan fingerprint density at radius 1 is 1.69 bits per heavy atom. The van der Waals surface area contributed by atoms with E-state index in [2.05, 4.69) is 10.5 Å². The first kappa shape index (κ1) is 8.72. The molecule has 2 rings (SSSR count). The third kappa shape index (κ3) is 2.54. The van der Waals surface area contributed by atoms with E-state index in [1.807, 2.05) is 6.07 Å². The minimum absolute atomic E-state index is 0.496. The van der Waals surface area contributed by atoms with E-state index in [4.69, 9.17) is 9.26 Å². The lowest BCUT2D eigenvalue weighted by molar-refractivity contribution is 0.155. The van der Waals surface area contributed by atoms with Gasteiger partial charge in [0.1, 0.15) is 6.61 Å². The smallest absolute Gasteiger partial charge is 0.162 e. The topological polar surface area (TPSA) is 47.3 Å². The van der Waals surface area contributed by atoms with Crippen LogP contribution in [0.5, 0.6) is 0 Å². The second kappa shape index (κ2) is 3.89. The lowest BCUT2D eigenvalue weighted by Gasteiger charge is -1.95. The van der Waals surface area contributed by atoms with Crippen LogP contribution in [0.25, 0.3) is 0 Å². The van der Waals surface area contributed by atoms with E-state index in [1.54, 1.807) is 7.11 Å². The molecule has 0 unspecified atom stereocenters. The number of hydrogen-bond acceptors (Lipinski definition) is 4. The molecule has 0 aromatic carbocycles. The standard InChI is InChI=1S/C9H14N2O2/c1-12-6-9-4-8(11-13-9)5-10-7-2-3-7/h4,7,10H,2-3,5-6H2,1H3. The summed E-state index contributed by atoms with van der Waals surface area (Å²) < 4.78 is 9.97. The van der Waals surface area contributed by atoms with Crippen LogP contribution in [0.4, 0.5) is 0 Å². The molecule has 0 atom stereocenters. The van der Waals surface area contributed by atoms with Gasteiger partial charge in [0, 0.05) is 25.8 Å². The first-order valence-electron chi connectivity index (χ1n) is 4.55. The zero-order chi connectivity index (χ0) is 9.10. The first-order valence-corrected chi connectivity index (χ1v) is 4.55. The highest BCUT2D eigenvalue weighted by Crippen LogP contribution is 2.19. The van der Waals surface area contributed by atoms with Gasteiger partial charge in [0.2, 0.25) is 0 Å². The van der Waals surface area contributed by atoms with Crippen molar-refractivity contribution in [2.45, 2.75) is 32.0 Å². The Hall–Kier alpha value is -0.870. The quantitative estimate of drug-likeness (QED) is 0.740. The van der Waals surface area contributed by atoms with Gasteiger partial charge in [-0.1, -0.05) is 5.16 Å². The zero-order valence-electron chi connectivity index (χ0n) is 7.75. The zero-order valence-corrected chi connectivity index (χ0v) is 7.75. The summed E-state index contributed by atoms with van der Waals surface area (Å²) in [7, 11) is 1.64. The summed E-state index contributed by atoms with van der Waals surface area (Å²) in [4.78, 5) is 0. The maximum absolute atomic E-state index is 5.04. The molecular weight excluding hydrogens is 168 g/mol. The van der Waals surface area contributed by atoms with Crippen molar-refractivity contribution in [1.29, 1.82) is 0 Å². The van der Waals surface area contributed by atoms with E-state index in [9.17, 15) is 0 Å². The van der Waals surface area contributed by atoms with Crippen molar-refractivity contribution in [1.82, 2.24) is 10.5 Å². The van der Waals surface area contributed by atoms with Gasteiger partial charge in [-0.2, -0.15) is 0 Å². The molecule has 4 nitrogen and oxygen atoms in total. The molecule has 0 amide bonds. The average molecular weight is 182 g/mol. The molecule has 0 saturated heterocycles. The van der Waals surface area contributed by atoms with E-state index in [-0.39, 0.29) is 0 Å². The van der Waals surface area contributed by atoms with Gasteiger partial charge in [-0.3, -0.25) is 0 Å². The lowest BCUT2D eigenvalue weighted by Crippen LogP contribution is -2.15. The predicted molar refractivity (Wildman–Crippen MR) is 47.1 cm³/mol. The third-order valence-electron chi connectivity index (χ3n) is 2.04. The average Bonchev–Trinajstić information content (AvgIpc) is 2.85. The van der Waals surface area contributed by atoms with Gasteiger partial charge in [0.05, 0.1) is 5.69 Å².